The van der Waals surface area contributed by atoms with E-state index in [1.54, 1.807) is 24.4 Å². The molecule has 4 nitrogen and oxygen atoms in total. The van der Waals surface area contributed by atoms with E-state index in [-0.39, 0.29) is 10.8 Å². The zero-order chi connectivity index (χ0) is 11.8. The van der Waals surface area contributed by atoms with E-state index in [1.165, 1.54) is 6.07 Å². The average molecular weight is 249 g/mol. The fourth-order valence-corrected chi connectivity index (χ4v) is 1.85. The minimum atomic E-state index is -0.424. The molecule has 0 unspecified atom stereocenters. The van der Waals surface area contributed by atoms with Crippen LogP contribution in [-0.2, 0) is 0 Å². The van der Waals surface area contributed by atoms with Gasteiger partial charge in [-0.15, -0.1) is 0 Å². The van der Waals surface area contributed by atoms with Crippen LogP contribution in [0.15, 0.2) is 30.5 Å². The number of hydrogen-bond acceptors (Lipinski definition) is 3. The molecule has 17 heavy (non-hydrogen) atoms. The average Bonchev–Trinajstić information content (AvgIpc) is 2.83. The number of aromatic amines is 1. The van der Waals surface area contributed by atoms with Gasteiger partial charge in [0.1, 0.15) is 17.0 Å². The van der Waals surface area contributed by atoms with E-state index >= 15 is 0 Å². The summed E-state index contributed by atoms with van der Waals surface area (Å²) in [5, 5.41) is 7.21. The Hall–Kier alpha value is -2.01. The van der Waals surface area contributed by atoms with Gasteiger partial charge in [-0.1, -0.05) is 12.1 Å². The lowest BCUT2D eigenvalue weighted by atomic mass is 10.1. The van der Waals surface area contributed by atoms with Crippen LogP contribution in [0, 0.1) is 5.82 Å². The predicted molar refractivity (Wildman–Crippen MR) is 62.1 cm³/mol. The van der Waals surface area contributed by atoms with E-state index in [0.717, 1.165) is 0 Å². The molecule has 0 amide bonds. The first kappa shape index (κ1) is 10.2. The van der Waals surface area contributed by atoms with Gasteiger partial charge in [-0.2, -0.15) is 5.10 Å². The Kier molecular flexibility index (Phi) is 2.26. The third kappa shape index (κ3) is 1.64. The maximum Gasteiger partial charge on any atom is 0.223 e. The number of fused-ring (bicyclic) bond motifs is 1. The monoisotopic (exact) mass is 248 g/mol. The molecule has 0 radical (unpaired) electrons. The molecule has 0 aliphatic heterocycles. The summed E-state index contributed by atoms with van der Waals surface area (Å²) in [7, 11) is 0. The van der Waals surface area contributed by atoms with Crippen molar-refractivity contribution in [2.45, 2.75) is 0 Å². The van der Waals surface area contributed by atoms with Crippen molar-refractivity contribution in [1.29, 1.82) is 0 Å². The van der Waals surface area contributed by atoms with Crippen molar-refractivity contribution in [3.63, 3.8) is 0 Å². The van der Waals surface area contributed by atoms with Crippen molar-refractivity contribution in [2.75, 3.05) is 0 Å². The molecule has 0 aliphatic carbocycles. The van der Waals surface area contributed by atoms with Crippen LogP contribution in [0.5, 0.6) is 0 Å². The number of hydrogen-bond donors (Lipinski definition) is 1. The Morgan fingerprint density at radius 3 is 2.82 bits per heavy atom. The smallest absolute Gasteiger partial charge is 0.223 e. The van der Waals surface area contributed by atoms with Crippen LogP contribution in [0.25, 0.3) is 22.3 Å². The molecule has 6 heteroatoms. The van der Waals surface area contributed by atoms with Crippen LogP contribution >= 0.6 is 11.6 Å². The van der Waals surface area contributed by atoms with Crippen LogP contribution in [0.1, 0.15) is 0 Å². The molecule has 0 atom stereocenters. The molecule has 0 aliphatic rings. The minimum absolute atomic E-state index is 0.00667. The molecule has 0 saturated heterocycles. The number of rotatable bonds is 1. The maximum atomic E-state index is 13.6. The highest BCUT2D eigenvalue weighted by molar-refractivity contribution is 6.28. The van der Waals surface area contributed by atoms with Gasteiger partial charge in [0.15, 0.2) is 0 Å². The van der Waals surface area contributed by atoms with E-state index in [0.29, 0.717) is 16.8 Å². The van der Waals surface area contributed by atoms with Gasteiger partial charge in [0, 0.05) is 11.6 Å². The molecular weight excluding hydrogens is 243 g/mol. The summed E-state index contributed by atoms with van der Waals surface area (Å²) in [5.74, 6) is -0.424. The highest BCUT2D eigenvalue weighted by Crippen LogP contribution is 2.26. The van der Waals surface area contributed by atoms with E-state index in [9.17, 15) is 4.39 Å². The van der Waals surface area contributed by atoms with Gasteiger partial charge in [0.25, 0.3) is 0 Å². The van der Waals surface area contributed by atoms with Gasteiger partial charge >= 0.3 is 0 Å². The predicted octanol–water partition coefficient (Wildman–Crippen LogP) is 2.81. The van der Waals surface area contributed by atoms with Gasteiger partial charge in [-0.25, -0.2) is 14.4 Å². The van der Waals surface area contributed by atoms with Crippen LogP contribution in [0.4, 0.5) is 4.39 Å². The first-order chi connectivity index (χ1) is 8.25. The van der Waals surface area contributed by atoms with Crippen molar-refractivity contribution >= 4 is 22.5 Å². The topological polar surface area (TPSA) is 54.5 Å². The standard InChI is InChI=1S/C11H6ClFN4/c12-11-15-9-6(2-1-3-7(9)13)10(16-11)8-4-5-14-17-8/h1-5H,(H,14,17). The second kappa shape index (κ2) is 3.78. The number of aromatic nitrogens is 4. The summed E-state index contributed by atoms with van der Waals surface area (Å²) < 4.78 is 13.6. The van der Waals surface area contributed by atoms with E-state index < -0.39 is 5.82 Å². The van der Waals surface area contributed by atoms with Crippen LogP contribution in [-0.4, -0.2) is 20.2 Å². The largest absolute Gasteiger partial charge is 0.276 e. The SMILES string of the molecule is Fc1cccc2c(-c3ccn[nH]3)nc(Cl)nc12. The van der Waals surface area contributed by atoms with Gasteiger partial charge in [-0.3, -0.25) is 5.10 Å². The Morgan fingerprint density at radius 2 is 2.06 bits per heavy atom. The third-order valence-corrected chi connectivity index (χ3v) is 2.57. The third-order valence-electron chi connectivity index (χ3n) is 2.41. The Bertz CT molecular complexity index is 681. The second-order valence-electron chi connectivity index (χ2n) is 3.45. The van der Waals surface area contributed by atoms with Crippen molar-refractivity contribution < 1.29 is 4.39 Å². The molecule has 2 heterocycles. The molecule has 1 N–H and O–H groups in total. The summed E-state index contributed by atoms with van der Waals surface area (Å²) >= 11 is 5.79. The molecule has 3 aromatic rings. The number of nitrogens with zero attached hydrogens (tertiary/aromatic N) is 3. The van der Waals surface area contributed by atoms with Gasteiger partial charge < -0.3 is 0 Å². The lowest BCUT2D eigenvalue weighted by Crippen LogP contribution is -1.93. The normalized spacial score (nSPS) is 10.9. The molecule has 0 saturated carbocycles. The zero-order valence-electron chi connectivity index (χ0n) is 8.48. The lowest BCUT2D eigenvalue weighted by Gasteiger charge is -2.04. The molecule has 0 fully saturated rings. The fraction of sp³-hybridized carbons (Fsp3) is 0. The summed E-state index contributed by atoms with van der Waals surface area (Å²) in [6.07, 6.45) is 1.59. The molecule has 3 rings (SSSR count). The van der Waals surface area contributed by atoms with Crippen molar-refractivity contribution in [2.24, 2.45) is 0 Å². The second-order valence-corrected chi connectivity index (χ2v) is 3.79. The minimum Gasteiger partial charge on any atom is -0.276 e. The number of para-hydroxylation sites is 1. The number of nitrogens with one attached hydrogen (secondary N) is 1. The Balaban J connectivity index is 2.42. The van der Waals surface area contributed by atoms with Crippen molar-refractivity contribution in [3.05, 3.63) is 41.6 Å². The Morgan fingerprint density at radius 1 is 1.18 bits per heavy atom. The van der Waals surface area contributed by atoms with Gasteiger partial charge in [0.2, 0.25) is 5.28 Å². The van der Waals surface area contributed by atoms with E-state index in [2.05, 4.69) is 20.2 Å². The number of benzene rings is 1. The quantitative estimate of drug-likeness (QED) is 0.674. The first-order valence-corrected chi connectivity index (χ1v) is 5.25. The summed E-state index contributed by atoms with van der Waals surface area (Å²) in [6.45, 7) is 0. The number of halogens is 2. The van der Waals surface area contributed by atoms with E-state index in [4.69, 9.17) is 11.6 Å². The van der Waals surface area contributed by atoms with E-state index in [1.807, 2.05) is 0 Å². The fourth-order valence-electron chi connectivity index (χ4n) is 1.68. The summed E-state index contributed by atoms with van der Waals surface area (Å²) in [4.78, 5) is 7.99. The molecule has 0 bridgehead atoms. The number of H-pyrrole nitrogens is 1. The highest BCUT2D eigenvalue weighted by Gasteiger charge is 2.12. The van der Waals surface area contributed by atoms with Crippen LogP contribution < -0.4 is 0 Å². The van der Waals surface area contributed by atoms with Gasteiger partial charge in [0.05, 0.1) is 5.69 Å². The van der Waals surface area contributed by atoms with Crippen LogP contribution in [0.2, 0.25) is 5.28 Å². The lowest BCUT2D eigenvalue weighted by molar-refractivity contribution is 0.636. The zero-order valence-corrected chi connectivity index (χ0v) is 9.24. The molecule has 84 valence electrons. The molecule has 0 spiro atoms. The summed E-state index contributed by atoms with van der Waals surface area (Å²) in [6, 6.07) is 6.42. The Labute approximate surface area is 100 Å². The molecule has 1 aromatic carbocycles. The van der Waals surface area contributed by atoms with Crippen molar-refractivity contribution in [1.82, 2.24) is 20.2 Å². The highest BCUT2D eigenvalue weighted by atomic mass is 35.5. The summed E-state index contributed by atoms with van der Waals surface area (Å²) in [5.41, 5.74) is 1.42. The first-order valence-electron chi connectivity index (χ1n) is 4.87. The van der Waals surface area contributed by atoms with Gasteiger partial charge in [-0.05, 0) is 23.7 Å². The molecular formula is C11H6ClFN4. The van der Waals surface area contributed by atoms with Crippen molar-refractivity contribution in [3.8, 4) is 11.4 Å². The molecule has 2 aromatic heterocycles. The van der Waals surface area contributed by atoms with Crippen LogP contribution in [0.3, 0.4) is 0 Å². The maximum absolute atomic E-state index is 13.6.